The van der Waals surface area contributed by atoms with Crippen LogP contribution in [0.25, 0.3) is 0 Å². The molecule has 0 heterocycles. The Bertz CT molecular complexity index is 388. The molecule has 4 heteroatoms. The van der Waals surface area contributed by atoms with Crippen LogP contribution >= 0.6 is 12.2 Å². The quantitative estimate of drug-likeness (QED) is 0.801. The second-order valence-corrected chi connectivity index (χ2v) is 5.37. The number of hydrogen-bond acceptors (Lipinski definition) is 2. The van der Waals surface area contributed by atoms with Gasteiger partial charge in [-0.1, -0.05) is 26.0 Å². The second-order valence-electron chi connectivity index (χ2n) is 4.96. The van der Waals surface area contributed by atoms with Crippen molar-refractivity contribution in [2.24, 2.45) is 0 Å². The van der Waals surface area contributed by atoms with Gasteiger partial charge in [0.2, 0.25) is 0 Å². The molecule has 0 aliphatic rings. The normalized spacial score (nSPS) is 10.8. The van der Waals surface area contributed by atoms with Crippen LogP contribution in [0.15, 0.2) is 24.3 Å². The van der Waals surface area contributed by atoms with Crippen molar-refractivity contribution in [3.8, 4) is 0 Å². The SMILES string of the molecule is CC(C)c1cccc(NC(=S)NCCN(C)C)c1. The molecule has 1 aromatic rings. The van der Waals surface area contributed by atoms with E-state index in [9.17, 15) is 0 Å². The first-order chi connectivity index (χ1) is 8.49. The minimum absolute atomic E-state index is 0.530. The van der Waals surface area contributed by atoms with Gasteiger partial charge in [0.15, 0.2) is 5.11 Å². The molecule has 0 saturated carbocycles. The van der Waals surface area contributed by atoms with E-state index < -0.39 is 0 Å². The third-order valence-electron chi connectivity index (χ3n) is 2.66. The predicted molar refractivity (Wildman–Crippen MR) is 83.3 cm³/mol. The summed E-state index contributed by atoms with van der Waals surface area (Å²) in [6.07, 6.45) is 0. The zero-order valence-electron chi connectivity index (χ0n) is 11.7. The zero-order chi connectivity index (χ0) is 13.5. The Morgan fingerprint density at radius 2 is 2.06 bits per heavy atom. The largest absolute Gasteiger partial charge is 0.361 e. The van der Waals surface area contributed by atoms with E-state index in [0.29, 0.717) is 11.0 Å². The summed E-state index contributed by atoms with van der Waals surface area (Å²) in [6, 6.07) is 8.37. The third kappa shape index (κ3) is 5.47. The average molecular weight is 265 g/mol. The van der Waals surface area contributed by atoms with Gasteiger partial charge < -0.3 is 15.5 Å². The first-order valence-electron chi connectivity index (χ1n) is 6.28. The average Bonchev–Trinajstić information content (AvgIpc) is 2.28. The summed E-state index contributed by atoms with van der Waals surface area (Å²) >= 11 is 5.26. The first-order valence-corrected chi connectivity index (χ1v) is 6.69. The first kappa shape index (κ1) is 14.9. The lowest BCUT2D eigenvalue weighted by Crippen LogP contribution is -2.34. The molecule has 3 nitrogen and oxygen atoms in total. The highest BCUT2D eigenvalue weighted by atomic mass is 32.1. The highest BCUT2D eigenvalue weighted by molar-refractivity contribution is 7.80. The van der Waals surface area contributed by atoms with Crippen LogP contribution in [0.4, 0.5) is 5.69 Å². The van der Waals surface area contributed by atoms with Crippen molar-refractivity contribution in [3.05, 3.63) is 29.8 Å². The van der Waals surface area contributed by atoms with Gasteiger partial charge in [-0.2, -0.15) is 0 Å². The lowest BCUT2D eigenvalue weighted by Gasteiger charge is -2.14. The van der Waals surface area contributed by atoms with Crippen molar-refractivity contribution in [1.29, 1.82) is 0 Å². The van der Waals surface area contributed by atoms with Crippen molar-refractivity contribution in [2.75, 3.05) is 32.5 Å². The van der Waals surface area contributed by atoms with Crippen LogP contribution < -0.4 is 10.6 Å². The fourth-order valence-corrected chi connectivity index (χ4v) is 1.76. The van der Waals surface area contributed by atoms with Gasteiger partial charge in [0.05, 0.1) is 0 Å². The molecule has 18 heavy (non-hydrogen) atoms. The molecule has 0 saturated heterocycles. The molecule has 0 aliphatic carbocycles. The number of rotatable bonds is 5. The molecule has 2 N–H and O–H groups in total. The fourth-order valence-electron chi connectivity index (χ4n) is 1.54. The Morgan fingerprint density at radius 3 is 2.67 bits per heavy atom. The van der Waals surface area contributed by atoms with E-state index in [-0.39, 0.29) is 0 Å². The van der Waals surface area contributed by atoms with Crippen molar-refractivity contribution < 1.29 is 0 Å². The maximum Gasteiger partial charge on any atom is 0.170 e. The molecule has 1 aromatic carbocycles. The molecule has 1 rings (SSSR count). The summed E-state index contributed by atoms with van der Waals surface area (Å²) in [5.74, 6) is 0.530. The molecular weight excluding hydrogens is 242 g/mol. The summed E-state index contributed by atoms with van der Waals surface area (Å²) in [6.45, 7) is 6.19. The minimum Gasteiger partial charge on any atom is -0.361 e. The predicted octanol–water partition coefficient (Wildman–Crippen LogP) is 2.66. The molecule has 0 atom stereocenters. The van der Waals surface area contributed by atoms with E-state index in [4.69, 9.17) is 12.2 Å². The summed E-state index contributed by atoms with van der Waals surface area (Å²) < 4.78 is 0. The van der Waals surface area contributed by atoms with Gasteiger partial charge >= 0.3 is 0 Å². The van der Waals surface area contributed by atoms with Crippen LogP contribution in [0.3, 0.4) is 0 Å². The molecule has 0 radical (unpaired) electrons. The van der Waals surface area contributed by atoms with Crippen LogP contribution in [0, 0.1) is 0 Å². The highest BCUT2D eigenvalue weighted by Crippen LogP contribution is 2.18. The fraction of sp³-hybridized carbons (Fsp3) is 0.500. The van der Waals surface area contributed by atoms with Gasteiger partial charge in [-0.05, 0) is 49.9 Å². The van der Waals surface area contributed by atoms with Gasteiger partial charge in [-0.3, -0.25) is 0 Å². The van der Waals surface area contributed by atoms with E-state index in [1.54, 1.807) is 0 Å². The lowest BCUT2D eigenvalue weighted by molar-refractivity contribution is 0.413. The zero-order valence-corrected chi connectivity index (χ0v) is 12.5. The maximum absolute atomic E-state index is 5.26. The van der Waals surface area contributed by atoms with Crippen LogP contribution in [-0.2, 0) is 0 Å². The Balaban J connectivity index is 2.46. The Kier molecular flexibility index (Phi) is 6.09. The Hall–Kier alpha value is -1.13. The topological polar surface area (TPSA) is 27.3 Å². The van der Waals surface area contributed by atoms with Gasteiger partial charge in [0.25, 0.3) is 0 Å². The molecule has 0 fully saturated rings. The van der Waals surface area contributed by atoms with Crippen LogP contribution in [0.2, 0.25) is 0 Å². The number of nitrogens with one attached hydrogen (secondary N) is 2. The molecule has 0 aliphatic heterocycles. The number of nitrogens with zero attached hydrogens (tertiary/aromatic N) is 1. The number of likely N-dealkylation sites (N-methyl/N-ethyl adjacent to an activating group) is 1. The van der Waals surface area contributed by atoms with Gasteiger partial charge in [0, 0.05) is 18.8 Å². The van der Waals surface area contributed by atoms with Gasteiger partial charge in [-0.15, -0.1) is 0 Å². The van der Waals surface area contributed by atoms with Crippen molar-refractivity contribution in [3.63, 3.8) is 0 Å². The van der Waals surface area contributed by atoms with E-state index in [0.717, 1.165) is 18.8 Å². The molecule has 100 valence electrons. The van der Waals surface area contributed by atoms with Gasteiger partial charge in [-0.25, -0.2) is 0 Å². The molecule has 0 unspecified atom stereocenters. The molecule has 0 aromatic heterocycles. The molecule has 0 bridgehead atoms. The monoisotopic (exact) mass is 265 g/mol. The smallest absolute Gasteiger partial charge is 0.170 e. The van der Waals surface area contributed by atoms with E-state index in [2.05, 4.69) is 47.6 Å². The Morgan fingerprint density at radius 1 is 1.33 bits per heavy atom. The molecule has 0 spiro atoms. The van der Waals surface area contributed by atoms with Crippen molar-refractivity contribution in [1.82, 2.24) is 10.2 Å². The van der Waals surface area contributed by atoms with Crippen LogP contribution in [-0.4, -0.2) is 37.2 Å². The van der Waals surface area contributed by atoms with E-state index >= 15 is 0 Å². The second kappa shape index (κ2) is 7.34. The number of benzene rings is 1. The van der Waals surface area contributed by atoms with Crippen molar-refractivity contribution >= 4 is 23.0 Å². The van der Waals surface area contributed by atoms with Gasteiger partial charge in [0.1, 0.15) is 0 Å². The van der Waals surface area contributed by atoms with Crippen LogP contribution in [0.1, 0.15) is 25.3 Å². The summed E-state index contributed by atoms with van der Waals surface area (Å²) in [5.41, 5.74) is 2.36. The summed E-state index contributed by atoms with van der Waals surface area (Å²) in [4.78, 5) is 2.12. The summed E-state index contributed by atoms with van der Waals surface area (Å²) in [7, 11) is 4.09. The maximum atomic E-state index is 5.26. The van der Waals surface area contributed by atoms with E-state index in [1.807, 2.05) is 20.2 Å². The summed E-state index contributed by atoms with van der Waals surface area (Å²) in [5, 5.41) is 7.08. The Labute approximate surface area is 116 Å². The number of hydrogen-bond donors (Lipinski definition) is 2. The van der Waals surface area contributed by atoms with Crippen molar-refractivity contribution in [2.45, 2.75) is 19.8 Å². The molecular formula is C14H23N3S. The number of thiocarbonyl (C=S) groups is 1. The van der Waals surface area contributed by atoms with Crippen LogP contribution in [0.5, 0.6) is 0 Å². The lowest BCUT2D eigenvalue weighted by atomic mass is 10.0. The molecule has 0 amide bonds. The van der Waals surface area contributed by atoms with E-state index in [1.165, 1.54) is 5.56 Å². The number of anilines is 1. The minimum atomic E-state index is 0.530. The third-order valence-corrected chi connectivity index (χ3v) is 2.90. The highest BCUT2D eigenvalue weighted by Gasteiger charge is 2.01. The standard InChI is InChI=1S/C14H23N3S/c1-11(2)12-6-5-7-13(10-12)16-14(18)15-8-9-17(3)4/h5-7,10-11H,8-9H2,1-4H3,(H2,15,16,18).